The Kier molecular flexibility index (Phi) is 2.73. The summed E-state index contributed by atoms with van der Waals surface area (Å²) in [4.78, 5) is 20.1. The third-order valence-corrected chi connectivity index (χ3v) is 2.91. The summed E-state index contributed by atoms with van der Waals surface area (Å²) in [7, 11) is 0. The third-order valence-electron chi connectivity index (χ3n) is 1.89. The SMILES string of the molecule is Cc1ccsc1C(=O)Nc1ccncn1. The van der Waals surface area contributed by atoms with E-state index in [1.165, 1.54) is 17.7 Å². The smallest absolute Gasteiger partial charge is 0.267 e. The number of amides is 1. The van der Waals surface area contributed by atoms with Crippen LogP contribution >= 0.6 is 11.3 Å². The molecule has 0 aliphatic carbocycles. The van der Waals surface area contributed by atoms with Crippen molar-refractivity contribution in [3.8, 4) is 0 Å². The van der Waals surface area contributed by atoms with Crippen molar-refractivity contribution in [2.45, 2.75) is 6.92 Å². The lowest BCUT2D eigenvalue weighted by Crippen LogP contribution is -2.12. The fourth-order valence-corrected chi connectivity index (χ4v) is 1.96. The van der Waals surface area contributed by atoms with E-state index in [1.54, 1.807) is 12.3 Å². The average Bonchev–Trinajstić information content (AvgIpc) is 2.66. The summed E-state index contributed by atoms with van der Waals surface area (Å²) in [5, 5.41) is 4.60. The van der Waals surface area contributed by atoms with Crippen LogP contribution in [-0.4, -0.2) is 15.9 Å². The quantitative estimate of drug-likeness (QED) is 0.841. The number of carbonyl (C=O) groups is 1. The van der Waals surface area contributed by atoms with Crippen LogP contribution in [0.1, 0.15) is 15.2 Å². The van der Waals surface area contributed by atoms with Gasteiger partial charge in [0.15, 0.2) is 0 Å². The van der Waals surface area contributed by atoms with Gasteiger partial charge in [-0.15, -0.1) is 11.3 Å². The van der Waals surface area contributed by atoms with Crippen molar-refractivity contribution in [1.29, 1.82) is 0 Å². The molecule has 2 aromatic rings. The summed E-state index contributed by atoms with van der Waals surface area (Å²) < 4.78 is 0. The van der Waals surface area contributed by atoms with E-state index in [0.717, 1.165) is 5.56 Å². The number of nitrogens with one attached hydrogen (secondary N) is 1. The molecule has 0 unspecified atom stereocenters. The second kappa shape index (κ2) is 4.18. The van der Waals surface area contributed by atoms with Crippen molar-refractivity contribution in [3.05, 3.63) is 40.5 Å². The number of aromatic nitrogens is 2. The summed E-state index contributed by atoms with van der Waals surface area (Å²) >= 11 is 1.42. The van der Waals surface area contributed by atoms with Crippen LogP contribution in [0.3, 0.4) is 0 Å². The molecule has 0 fully saturated rings. The fourth-order valence-electron chi connectivity index (χ4n) is 1.14. The molecule has 0 aromatic carbocycles. The summed E-state index contributed by atoms with van der Waals surface area (Å²) in [6.45, 7) is 1.91. The Hall–Kier alpha value is -1.75. The molecule has 0 spiro atoms. The zero-order valence-electron chi connectivity index (χ0n) is 8.10. The van der Waals surface area contributed by atoms with Crippen molar-refractivity contribution in [2.75, 3.05) is 5.32 Å². The Balaban J connectivity index is 2.15. The molecule has 4 nitrogen and oxygen atoms in total. The van der Waals surface area contributed by atoms with E-state index >= 15 is 0 Å². The summed E-state index contributed by atoms with van der Waals surface area (Å²) in [6, 6.07) is 3.57. The van der Waals surface area contributed by atoms with Crippen molar-refractivity contribution in [3.63, 3.8) is 0 Å². The zero-order chi connectivity index (χ0) is 10.7. The number of thiophene rings is 1. The molecule has 0 bridgehead atoms. The Morgan fingerprint density at radius 3 is 2.93 bits per heavy atom. The largest absolute Gasteiger partial charge is 0.306 e. The number of hydrogen-bond donors (Lipinski definition) is 1. The Morgan fingerprint density at radius 2 is 2.33 bits per heavy atom. The van der Waals surface area contributed by atoms with Gasteiger partial charge in [0.2, 0.25) is 0 Å². The Morgan fingerprint density at radius 1 is 1.47 bits per heavy atom. The molecular formula is C10H9N3OS. The van der Waals surface area contributed by atoms with Gasteiger partial charge in [-0.05, 0) is 30.0 Å². The minimum atomic E-state index is -0.124. The van der Waals surface area contributed by atoms with E-state index in [2.05, 4.69) is 15.3 Å². The molecule has 15 heavy (non-hydrogen) atoms. The van der Waals surface area contributed by atoms with E-state index in [9.17, 15) is 4.79 Å². The van der Waals surface area contributed by atoms with Gasteiger partial charge >= 0.3 is 0 Å². The molecule has 1 amide bonds. The van der Waals surface area contributed by atoms with Gasteiger partial charge in [-0.25, -0.2) is 9.97 Å². The maximum absolute atomic E-state index is 11.7. The normalized spacial score (nSPS) is 9.93. The van der Waals surface area contributed by atoms with Crippen molar-refractivity contribution in [1.82, 2.24) is 9.97 Å². The van der Waals surface area contributed by atoms with E-state index in [4.69, 9.17) is 0 Å². The molecule has 1 N–H and O–H groups in total. The first kappa shape index (κ1) is 9.79. The third kappa shape index (κ3) is 2.19. The van der Waals surface area contributed by atoms with Gasteiger partial charge in [-0.2, -0.15) is 0 Å². The summed E-state index contributed by atoms with van der Waals surface area (Å²) in [5.41, 5.74) is 0.978. The van der Waals surface area contributed by atoms with Crippen LogP contribution in [0.5, 0.6) is 0 Å². The number of aryl methyl sites for hydroxylation is 1. The Labute approximate surface area is 91.0 Å². The predicted octanol–water partition coefficient (Wildman–Crippen LogP) is 2.10. The molecule has 2 aromatic heterocycles. The maximum atomic E-state index is 11.7. The fraction of sp³-hybridized carbons (Fsp3) is 0.100. The van der Waals surface area contributed by atoms with Crippen LogP contribution < -0.4 is 5.32 Å². The minimum absolute atomic E-state index is 0.124. The highest BCUT2D eigenvalue weighted by molar-refractivity contribution is 7.12. The lowest BCUT2D eigenvalue weighted by atomic mass is 10.3. The van der Waals surface area contributed by atoms with Crippen molar-refractivity contribution < 1.29 is 4.79 Å². The molecular weight excluding hydrogens is 210 g/mol. The highest BCUT2D eigenvalue weighted by Crippen LogP contribution is 2.16. The molecule has 0 radical (unpaired) electrons. The van der Waals surface area contributed by atoms with Crippen molar-refractivity contribution in [2.24, 2.45) is 0 Å². The van der Waals surface area contributed by atoms with E-state index in [0.29, 0.717) is 10.7 Å². The number of carbonyl (C=O) groups excluding carboxylic acids is 1. The highest BCUT2D eigenvalue weighted by atomic mass is 32.1. The Bertz CT molecular complexity index is 467. The van der Waals surface area contributed by atoms with Crippen LogP contribution in [-0.2, 0) is 0 Å². The monoisotopic (exact) mass is 219 g/mol. The van der Waals surface area contributed by atoms with Gasteiger partial charge < -0.3 is 5.32 Å². The molecule has 2 heterocycles. The first-order valence-electron chi connectivity index (χ1n) is 4.39. The van der Waals surface area contributed by atoms with Crippen LogP contribution in [0, 0.1) is 6.92 Å². The van der Waals surface area contributed by atoms with Crippen LogP contribution in [0.2, 0.25) is 0 Å². The second-order valence-corrected chi connectivity index (χ2v) is 3.90. The molecule has 0 atom stereocenters. The molecule has 5 heteroatoms. The van der Waals surface area contributed by atoms with Gasteiger partial charge in [0.05, 0.1) is 4.88 Å². The number of hydrogen-bond acceptors (Lipinski definition) is 4. The van der Waals surface area contributed by atoms with E-state index < -0.39 is 0 Å². The highest BCUT2D eigenvalue weighted by Gasteiger charge is 2.10. The van der Waals surface area contributed by atoms with E-state index in [-0.39, 0.29) is 5.91 Å². The summed E-state index contributed by atoms with van der Waals surface area (Å²) in [6.07, 6.45) is 2.99. The van der Waals surface area contributed by atoms with Crippen molar-refractivity contribution >= 4 is 23.1 Å². The number of rotatable bonds is 2. The first-order chi connectivity index (χ1) is 7.27. The van der Waals surface area contributed by atoms with Crippen LogP contribution in [0.4, 0.5) is 5.82 Å². The molecule has 76 valence electrons. The molecule has 0 aliphatic heterocycles. The van der Waals surface area contributed by atoms with Gasteiger partial charge in [-0.3, -0.25) is 4.79 Å². The topological polar surface area (TPSA) is 54.9 Å². The summed E-state index contributed by atoms with van der Waals surface area (Å²) in [5.74, 6) is 0.393. The number of nitrogens with zero attached hydrogens (tertiary/aromatic N) is 2. The van der Waals surface area contributed by atoms with Gasteiger partial charge in [0.1, 0.15) is 12.1 Å². The standard InChI is InChI=1S/C10H9N3OS/c1-7-3-5-15-9(7)10(14)13-8-2-4-11-6-12-8/h2-6H,1H3,(H,11,12,13,14). The molecule has 0 saturated heterocycles. The zero-order valence-corrected chi connectivity index (χ0v) is 8.91. The average molecular weight is 219 g/mol. The molecule has 2 rings (SSSR count). The predicted molar refractivity (Wildman–Crippen MR) is 59.0 cm³/mol. The lowest BCUT2D eigenvalue weighted by molar-refractivity contribution is 0.102. The first-order valence-corrected chi connectivity index (χ1v) is 5.27. The van der Waals surface area contributed by atoms with Crippen LogP contribution in [0.25, 0.3) is 0 Å². The minimum Gasteiger partial charge on any atom is -0.306 e. The van der Waals surface area contributed by atoms with Crippen LogP contribution in [0.15, 0.2) is 30.0 Å². The maximum Gasteiger partial charge on any atom is 0.267 e. The number of anilines is 1. The lowest BCUT2D eigenvalue weighted by Gasteiger charge is -2.02. The van der Waals surface area contributed by atoms with E-state index in [1.807, 2.05) is 18.4 Å². The van der Waals surface area contributed by atoms with Gasteiger partial charge in [0.25, 0.3) is 5.91 Å². The molecule has 0 aliphatic rings. The second-order valence-electron chi connectivity index (χ2n) is 2.98. The van der Waals surface area contributed by atoms with Gasteiger partial charge in [0, 0.05) is 6.20 Å². The molecule has 0 saturated carbocycles. The van der Waals surface area contributed by atoms with Gasteiger partial charge in [-0.1, -0.05) is 0 Å².